The zero-order valence-electron chi connectivity index (χ0n) is 10.9. The fourth-order valence-electron chi connectivity index (χ4n) is 1.76. The van der Waals surface area contributed by atoms with Crippen LogP contribution in [0, 0.1) is 0 Å². The Balaban J connectivity index is 1.86. The van der Waals surface area contributed by atoms with Crippen molar-refractivity contribution in [1.82, 2.24) is 5.32 Å². The molecule has 2 rings (SSSR count). The van der Waals surface area contributed by atoms with Crippen LogP contribution < -0.4 is 15.4 Å². The normalized spacial score (nSPS) is 17.4. The van der Waals surface area contributed by atoms with Gasteiger partial charge >= 0.3 is 12.4 Å². The largest absolute Gasteiger partial charge is 0.573 e. The van der Waals surface area contributed by atoms with E-state index >= 15 is 0 Å². The number of hydrogen-bond donors (Lipinski definition) is 2. The minimum Gasteiger partial charge on any atom is -0.406 e. The summed E-state index contributed by atoms with van der Waals surface area (Å²) in [5, 5.41) is 5.26. The highest BCUT2D eigenvalue weighted by molar-refractivity contribution is 5.89. The van der Waals surface area contributed by atoms with Crippen molar-refractivity contribution in [3.8, 4) is 5.75 Å². The highest BCUT2D eigenvalue weighted by Gasteiger charge is 2.30. The number of carbonyl (C=O) groups excluding carboxylic acids is 1. The van der Waals surface area contributed by atoms with Gasteiger partial charge in [-0.15, -0.1) is 13.2 Å². The molecule has 21 heavy (non-hydrogen) atoms. The summed E-state index contributed by atoms with van der Waals surface area (Å²) in [6, 6.07) is 4.40. The Morgan fingerprint density at radius 2 is 1.90 bits per heavy atom. The van der Waals surface area contributed by atoms with E-state index < -0.39 is 12.4 Å². The average molecular weight is 298 g/mol. The lowest BCUT2D eigenvalue weighted by atomic mass is 10.1. The van der Waals surface area contributed by atoms with E-state index in [9.17, 15) is 18.0 Å². The van der Waals surface area contributed by atoms with E-state index in [2.05, 4.69) is 15.4 Å². The van der Waals surface area contributed by atoms with Gasteiger partial charge in [0.1, 0.15) is 5.75 Å². The van der Waals surface area contributed by atoms with Crippen LogP contribution in [0.5, 0.6) is 5.75 Å². The van der Waals surface area contributed by atoms with Crippen LogP contribution in [0.2, 0.25) is 0 Å². The van der Waals surface area contributed by atoms with Crippen LogP contribution in [-0.4, -0.2) is 18.4 Å². The fourth-order valence-corrected chi connectivity index (χ4v) is 1.76. The summed E-state index contributed by atoms with van der Waals surface area (Å²) in [4.78, 5) is 11.7. The van der Waals surface area contributed by atoms with E-state index in [0.29, 0.717) is 12.1 Å². The Morgan fingerprint density at radius 1 is 1.19 bits per heavy atom. The summed E-state index contributed by atoms with van der Waals surface area (Å²) in [7, 11) is 0. The highest BCUT2D eigenvalue weighted by Crippen LogP contribution is 2.23. The van der Waals surface area contributed by atoms with E-state index in [1.165, 1.54) is 12.1 Å². The first-order valence-corrected chi connectivity index (χ1v) is 6.19. The number of hydrogen-bond acceptors (Lipinski definition) is 2. The van der Waals surface area contributed by atoms with Crippen LogP contribution in [0.25, 0.3) is 0 Å². The fraction of sp³-hybridized carbons (Fsp3) is 0.214. The Kier molecular flexibility index (Phi) is 4.52. The number of urea groups is 1. The number of carbonyl (C=O) groups is 1. The van der Waals surface area contributed by atoms with E-state index in [0.717, 1.165) is 12.1 Å². The Hall–Kier alpha value is -2.44. The molecule has 0 aliphatic heterocycles. The van der Waals surface area contributed by atoms with Gasteiger partial charge in [0.05, 0.1) is 6.04 Å². The monoisotopic (exact) mass is 298 g/mol. The Bertz CT molecular complexity index is 550. The van der Waals surface area contributed by atoms with Crippen LogP contribution in [-0.2, 0) is 0 Å². The second kappa shape index (κ2) is 6.34. The average Bonchev–Trinajstić information content (AvgIpc) is 2.40. The molecule has 0 saturated carbocycles. The van der Waals surface area contributed by atoms with Gasteiger partial charge in [0.25, 0.3) is 0 Å². The van der Waals surface area contributed by atoms with E-state index in [-0.39, 0.29) is 11.8 Å². The molecule has 0 radical (unpaired) electrons. The van der Waals surface area contributed by atoms with Crippen molar-refractivity contribution in [1.29, 1.82) is 0 Å². The molecule has 0 saturated heterocycles. The van der Waals surface area contributed by atoms with Crippen molar-refractivity contribution in [3.05, 3.63) is 48.6 Å². The van der Waals surface area contributed by atoms with Crippen LogP contribution >= 0.6 is 0 Å². The first-order valence-electron chi connectivity index (χ1n) is 6.19. The van der Waals surface area contributed by atoms with Gasteiger partial charge < -0.3 is 15.4 Å². The molecule has 0 heterocycles. The van der Waals surface area contributed by atoms with Gasteiger partial charge in [0, 0.05) is 5.69 Å². The molecule has 1 aromatic carbocycles. The van der Waals surface area contributed by atoms with Gasteiger partial charge in [-0.05, 0) is 30.7 Å². The van der Waals surface area contributed by atoms with Crippen molar-refractivity contribution in [2.45, 2.75) is 18.8 Å². The van der Waals surface area contributed by atoms with Crippen LogP contribution in [0.15, 0.2) is 48.6 Å². The number of alkyl halides is 3. The number of halogens is 3. The number of benzene rings is 1. The molecular formula is C14H13F3N2O2. The highest BCUT2D eigenvalue weighted by atomic mass is 19.4. The topological polar surface area (TPSA) is 50.4 Å². The summed E-state index contributed by atoms with van der Waals surface area (Å²) >= 11 is 0. The third kappa shape index (κ3) is 5.21. The van der Waals surface area contributed by atoms with Gasteiger partial charge in [-0.25, -0.2) is 4.79 Å². The second-order valence-corrected chi connectivity index (χ2v) is 4.33. The van der Waals surface area contributed by atoms with Crippen molar-refractivity contribution >= 4 is 11.7 Å². The quantitative estimate of drug-likeness (QED) is 0.896. The molecule has 0 fully saturated rings. The Morgan fingerprint density at radius 3 is 2.48 bits per heavy atom. The molecular weight excluding hydrogens is 285 g/mol. The first-order chi connectivity index (χ1) is 9.92. The molecule has 1 atom stereocenters. The molecule has 1 aliphatic rings. The molecule has 0 spiro atoms. The van der Waals surface area contributed by atoms with Gasteiger partial charge in [-0.1, -0.05) is 24.3 Å². The second-order valence-electron chi connectivity index (χ2n) is 4.33. The third-order valence-electron chi connectivity index (χ3n) is 2.64. The maximum absolute atomic E-state index is 12.0. The zero-order valence-corrected chi connectivity index (χ0v) is 10.9. The lowest BCUT2D eigenvalue weighted by molar-refractivity contribution is -0.274. The van der Waals surface area contributed by atoms with E-state index in [4.69, 9.17) is 0 Å². The lowest BCUT2D eigenvalue weighted by Crippen LogP contribution is -2.36. The maximum Gasteiger partial charge on any atom is 0.573 e. The molecule has 1 aliphatic carbocycles. The van der Waals surface area contributed by atoms with Crippen molar-refractivity contribution in [2.75, 3.05) is 5.32 Å². The van der Waals surface area contributed by atoms with Crippen molar-refractivity contribution in [3.63, 3.8) is 0 Å². The minimum atomic E-state index is -4.73. The third-order valence-corrected chi connectivity index (χ3v) is 2.64. The zero-order chi connectivity index (χ0) is 15.3. The molecule has 112 valence electrons. The lowest BCUT2D eigenvalue weighted by Gasteiger charge is -2.16. The van der Waals surface area contributed by atoms with Gasteiger partial charge in [0.15, 0.2) is 0 Å². The van der Waals surface area contributed by atoms with E-state index in [1.54, 1.807) is 0 Å². The molecule has 4 nitrogen and oxygen atoms in total. The molecule has 1 aromatic rings. The number of amides is 2. The number of allylic oxidation sites excluding steroid dienone is 2. The number of rotatable bonds is 3. The predicted molar refractivity (Wildman–Crippen MR) is 72.0 cm³/mol. The summed E-state index contributed by atoms with van der Waals surface area (Å²) in [5.41, 5.74) is 0.373. The molecule has 0 bridgehead atoms. The van der Waals surface area contributed by atoms with Gasteiger partial charge in [-0.2, -0.15) is 0 Å². The predicted octanol–water partition coefficient (Wildman–Crippen LogP) is 3.59. The van der Waals surface area contributed by atoms with Gasteiger partial charge in [0.2, 0.25) is 0 Å². The smallest absolute Gasteiger partial charge is 0.406 e. The standard InChI is InChI=1S/C14H13F3N2O2/c15-14(16,17)21-12-8-6-11(7-9-12)19-13(20)18-10-4-2-1-3-5-10/h1-4,6-10H,5H2,(H2,18,19,20). The first kappa shape index (κ1) is 15.0. The summed E-state index contributed by atoms with van der Waals surface area (Å²) < 4.78 is 39.7. The summed E-state index contributed by atoms with van der Waals surface area (Å²) in [5.74, 6) is -0.339. The van der Waals surface area contributed by atoms with E-state index in [1.807, 2.05) is 24.3 Å². The molecule has 7 heteroatoms. The minimum absolute atomic E-state index is 0.0946. The molecule has 2 N–H and O–H groups in total. The van der Waals surface area contributed by atoms with Crippen molar-refractivity contribution < 1.29 is 22.7 Å². The molecule has 1 unspecified atom stereocenters. The SMILES string of the molecule is O=C(Nc1ccc(OC(F)(F)F)cc1)NC1C=CC=CC1. The summed E-state index contributed by atoms with van der Waals surface area (Å²) in [6.45, 7) is 0. The number of nitrogens with one attached hydrogen (secondary N) is 2. The van der Waals surface area contributed by atoms with Crippen molar-refractivity contribution in [2.24, 2.45) is 0 Å². The van der Waals surface area contributed by atoms with Gasteiger partial charge in [-0.3, -0.25) is 0 Å². The van der Waals surface area contributed by atoms with Crippen LogP contribution in [0.4, 0.5) is 23.7 Å². The number of ether oxygens (including phenoxy) is 1. The van der Waals surface area contributed by atoms with Crippen LogP contribution in [0.1, 0.15) is 6.42 Å². The summed E-state index contributed by atoms with van der Waals surface area (Å²) in [6.07, 6.45) is 3.46. The maximum atomic E-state index is 12.0. The molecule has 2 amide bonds. The molecule has 0 aromatic heterocycles. The number of anilines is 1. The Labute approximate surface area is 119 Å². The van der Waals surface area contributed by atoms with Crippen LogP contribution in [0.3, 0.4) is 0 Å².